The third-order valence-electron chi connectivity index (χ3n) is 0.260. The molecule has 0 aromatic heterocycles. The molecule has 0 aliphatic rings. The van der Waals surface area contributed by atoms with Crippen LogP contribution < -0.4 is 5.26 Å². The molecule has 0 spiro atoms. The molecule has 0 rings (SSSR count). The van der Waals surface area contributed by atoms with Crippen LogP contribution in [-0.2, 0) is 9.37 Å². The van der Waals surface area contributed by atoms with Crippen molar-refractivity contribution in [1.29, 1.82) is 0 Å². The average molecular weight is 88.1 g/mol. The maximum absolute atomic E-state index is 9.31. The molecule has 0 amide bonds. The minimum absolute atomic E-state index is 0.0729. The van der Waals surface area contributed by atoms with Gasteiger partial charge in [0.05, 0.1) is 0 Å². The maximum atomic E-state index is 9.31. The zero-order valence-electron chi connectivity index (χ0n) is 3.09. The van der Waals surface area contributed by atoms with Crippen LogP contribution in [0.25, 0.3) is 0 Å². The van der Waals surface area contributed by atoms with Crippen LogP contribution in [0.2, 0.25) is 0 Å². The van der Waals surface area contributed by atoms with Crippen molar-refractivity contribution in [2.45, 2.75) is 6.42 Å². The van der Waals surface area contributed by atoms with E-state index in [0.717, 1.165) is 6.29 Å². The summed E-state index contributed by atoms with van der Waals surface area (Å²) >= 11 is 0. The van der Waals surface area contributed by atoms with E-state index in [9.17, 15) is 4.79 Å². The van der Waals surface area contributed by atoms with Crippen LogP contribution in [0.5, 0.6) is 0 Å². The molecule has 6 heavy (non-hydrogen) atoms. The van der Waals surface area contributed by atoms with Crippen molar-refractivity contribution in [3.05, 3.63) is 0 Å². The second-order valence-corrected chi connectivity index (χ2v) is 0.665. The van der Waals surface area contributed by atoms with Crippen molar-refractivity contribution in [2.24, 2.45) is 0 Å². The molecule has 0 aromatic rings. The van der Waals surface area contributed by atoms with Crippen LogP contribution in [0.15, 0.2) is 0 Å². The third-order valence-corrected chi connectivity index (χ3v) is 0.260. The number of carbonyl (C=O) groups is 1. The third kappa shape index (κ3) is 3.14. The Morgan fingerprint density at radius 1 is 1.83 bits per heavy atom. The van der Waals surface area contributed by atoms with Crippen LogP contribution in [0.1, 0.15) is 6.42 Å². The summed E-state index contributed by atoms with van der Waals surface area (Å²) in [5.41, 5.74) is 0. The predicted octanol–water partition coefficient (Wildman–Crippen LogP) is -1.41. The van der Waals surface area contributed by atoms with E-state index in [2.05, 4.69) is 4.58 Å². The van der Waals surface area contributed by atoms with Gasteiger partial charge in [0.25, 0.3) is 0 Å². The van der Waals surface area contributed by atoms with E-state index in [1.165, 1.54) is 0 Å². The summed E-state index contributed by atoms with van der Waals surface area (Å²) < 4.78 is 3.18. The molecule has 0 heterocycles. The Bertz CT molecular complexity index is 57.1. The first-order valence-corrected chi connectivity index (χ1v) is 1.45. The fraction of sp³-hybridized carbons (Fsp3) is 0.333. The van der Waals surface area contributed by atoms with Crippen molar-refractivity contribution in [3.8, 4) is 0 Å². The molecule has 0 aliphatic carbocycles. The summed E-state index contributed by atoms with van der Waals surface area (Å²) in [7, 11) is 0. The van der Waals surface area contributed by atoms with Gasteiger partial charge in [0.2, 0.25) is 0 Å². The molecular weight excluding hydrogens is 84.0 g/mol. The average Bonchev–Trinajstić information content (AvgIpc) is 1.61. The molecule has 0 aliphatic heterocycles. The lowest BCUT2D eigenvalue weighted by Crippen LogP contribution is -1.96. The van der Waals surface area contributed by atoms with E-state index in [-0.39, 0.29) is 6.42 Å². The first kappa shape index (κ1) is 5.14. The van der Waals surface area contributed by atoms with Crippen LogP contribution >= 0.6 is 0 Å². The van der Waals surface area contributed by atoms with Gasteiger partial charge in [-0.1, -0.05) is 0 Å². The molecule has 0 bridgehead atoms. The Morgan fingerprint density at radius 2 is 2.50 bits per heavy atom. The molecular formula is C3H4O3. The highest BCUT2D eigenvalue weighted by Gasteiger charge is 1.76. The first-order chi connectivity index (χ1) is 2.91. The molecule has 3 heteroatoms. The van der Waals surface area contributed by atoms with E-state index in [1.54, 1.807) is 0 Å². The second kappa shape index (κ2) is 4.14. The molecule has 0 saturated carbocycles. The summed E-state index contributed by atoms with van der Waals surface area (Å²) in [6, 6.07) is 0. The minimum atomic E-state index is 0.0729. The summed E-state index contributed by atoms with van der Waals surface area (Å²) in [6.07, 6.45) is 1.54. The van der Waals surface area contributed by atoms with E-state index in [1.807, 2.05) is 0 Å². The molecule has 0 unspecified atom stereocenters. The second-order valence-electron chi connectivity index (χ2n) is 0.665. The van der Waals surface area contributed by atoms with E-state index in [0.29, 0.717) is 6.29 Å². The minimum Gasteiger partial charge on any atom is -0.463 e. The van der Waals surface area contributed by atoms with Crippen molar-refractivity contribution < 1.29 is 14.6 Å². The Hall–Kier alpha value is -0.860. The largest absolute Gasteiger partial charge is 0.463 e. The van der Waals surface area contributed by atoms with Gasteiger partial charge in [0, 0.05) is 0 Å². The van der Waals surface area contributed by atoms with Crippen LogP contribution in [0.3, 0.4) is 0 Å². The zero-order valence-corrected chi connectivity index (χ0v) is 3.09. The van der Waals surface area contributed by atoms with Gasteiger partial charge in [0.1, 0.15) is 12.7 Å². The highest BCUT2D eigenvalue weighted by Crippen LogP contribution is 1.52. The SMILES string of the molecule is O=CCC=[O+][O-]. The molecule has 0 atom stereocenters. The number of hydrogen-bond acceptors (Lipinski definition) is 2. The van der Waals surface area contributed by atoms with Gasteiger partial charge in [-0.25, -0.2) is 0 Å². The molecule has 0 saturated heterocycles. The molecule has 34 valence electrons. The van der Waals surface area contributed by atoms with E-state index >= 15 is 0 Å². The normalized spacial score (nSPS) is 9.33. The Kier molecular flexibility index (Phi) is 3.55. The monoisotopic (exact) mass is 88.0 g/mol. The maximum Gasteiger partial charge on any atom is 0.325 e. The fourth-order valence-corrected chi connectivity index (χ4v) is 0.0786. The van der Waals surface area contributed by atoms with Crippen molar-refractivity contribution in [3.63, 3.8) is 0 Å². The lowest BCUT2D eigenvalue weighted by atomic mass is 10.5. The lowest BCUT2D eigenvalue weighted by Gasteiger charge is -1.61. The Labute approximate surface area is 34.8 Å². The molecule has 0 radical (unpaired) electrons. The molecule has 0 N–H and O–H groups in total. The van der Waals surface area contributed by atoms with Gasteiger partial charge in [0.15, 0.2) is 0 Å². The summed E-state index contributed by atoms with van der Waals surface area (Å²) in [6.45, 7) is 0. The van der Waals surface area contributed by atoms with Gasteiger partial charge in [-0.15, -0.1) is 0 Å². The standard InChI is InChI=1S/C3H4O3/c4-2-1-3-6-5/h2-3H,1H2. The van der Waals surface area contributed by atoms with Gasteiger partial charge in [-0.05, 0) is 0 Å². The van der Waals surface area contributed by atoms with Crippen LogP contribution in [0.4, 0.5) is 0 Å². The topological polar surface area (TPSA) is 51.4 Å². The quantitative estimate of drug-likeness (QED) is 0.137. The van der Waals surface area contributed by atoms with Gasteiger partial charge in [-0.3, -0.25) is 0 Å². The number of hydrogen-bond donors (Lipinski definition) is 0. The number of carbonyl (C=O) groups excluding carboxylic acids is 2. The van der Waals surface area contributed by atoms with Crippen molar-refractivity contribution >= 4 is 12.6 Å². The van der Waals surface area contributed by atoms with Gasteiger partial charge in [-0.2, -0.15) is 4.58 Å². The van der Waals surface area contributed by atoms with E-state index in [4.69, 9.17) is 5.26 Å². The molecule has 0 fully saturated rings. The van der Waals surface area contributed by atoms with Gasteiger partial charge >= 0.3 is 6.29 Å². The smallest absolute Gasteiger partial charge is 0.325 e. The van der Waals surface area contributed by atoms with Crippen molar-refractivity contribution in [2.75, 3.05) is 0 Å². The zero-order chi connectivity index (χ0) is 4.83. The first-order valence-electron chi connectivity index (χ1n) is 1.45. The number of aldehydes is 2. The summed E-state index contributed by atoms with van der Waals surface area (Å²) in [5, 5.41) is 8.97. The Balaban J connectivity index is 2.85. The summed E-state index contributed by atoms with van der Waals surface area (Å²) in [5.74, 6) is 0. The summed E-state index contributed by atoms with van der Waals surface area (Å²) in [4.78, 5) is 9.31. The number of rotatable bonds is 2. The molecule has 0 aromatic carbocycles. The lowest BCUT2D eigenvalue weighted by molar-refractivity contribution is -1.04. The fourth-order valence-electron chi connectivity index (χ4n) is 0.0786. The Morgan fingerprint density at radius 3 is 2.67 bits per heavy atom. The van der Waals surface area contributed by atoms with E-state index < -0.39 is 0 Å². The van der Waals surface area contributed by atoms with Crippen LogP contribution in [0, 0.1) is 0 Å². The van der Waals surface area contributed by atoms with Crippen LogP contribution in [-0.4, -0.2) is 12.6 Å². The van der Waals surface area contributed by atoms with Crippen molar-refractivity contribution in [1.82, 2.24) is 0 Å². The molecule has 3 nitrogen and oxygen atoms in total. The highest BCUT2D eigenvalue weighted by molar-refractivity contribution is 5.72. The van der Waals surface area contributed by atoms with Gasteiger partial charge < -0.3 is 10.1 Å². The predicted molar refractivity (Wildman–Crippen MR) is 16.7 cm³/mol. The highest BCUT2D eigenvalue weighted by atomic mass is 17.1.